The Labute approximate surface area is 122 Å². The Morgan fingerprint density at radius 3 is 2.45 bits per heavy atom. The summed E-state index contributed by atoms with van der Waals surface area (Å²) in [5.74, 6) is -1.85. The van der Waals surface area contributed by atoms with Crippen molar-refractivity contribution in [3.8, 4) is 11.9 Å². The van der Waals surface area contributed by atoms with Gasteiger partial charge in [0, 0.05) is 5.69 Å². The van der Waals surface area contributed by atoms with Crippen LogP contribution in [-0.4, -0.2) is 25.8 Å². The molecule has 6 nitrogen and oxygen atoms in total. The molecule has 9 heteroatoms. The number of carboxylic acid groups (broad SMARTS) is 1. The molecule has 0 bridgehead atoms. The number of nitrogens with zero attached hydrogens (tertiary/aromatic N) is 4. The van der Waals surface area contributed by atoms with Crippen LogP contribution >= 0.6 is 0 Å². The normalized spacial score (nSPS) is 11.3. The number of pyridine rings is 1. The van der Waals surface area contributed by atoms with Crippen molar-refractivity contribution in [2.24, 2.45) is 0 Å². The molecule has 0 radical (unpaired) electrons. The fourth-order valence-electron chi connectivity index (χ4n) is 1.96. The topological polar surface area (TPSA) is 91.8 Å². The smallest absolute Gasteiger partial charge is 0.417 e. The van der Waals surface area contributed by atoms with Gasteiger partial charge in [0.05, 0.1) is 11.3 Å². The zero-order valence-electron chi connectivity index (χ0n) is 11.4. The van der Waals surface area contributed by atoms with Gasteiger partial charge in [-0.15, -0.1) is 0 Å². The zero-order valence-corrected chi connectivity index (χ0v) is 11.4. The van der Waals surface area contributed by atoms with Crippen LogP contribution in [0, 0.1) is 25.2 Å². The van der Waals surface area contributed by atoms with E-state index in [0.717, 1.165) is 10.7 Å². The maximum Gasteiger partial charge on any atom is 0.417 e. The van der Waals surface area contributed by atoms with Crippen LogP contribution in [0.15, 0.2) is 12.1 Å². The second kappa shape index (κ2) is 5.14. The van der Waals surface area contributed by atoms with Crippen LogP contribution in [0.2, 0.25) is 0 Å². The summed E-state index contributed by atoms with van der Waals surface area (Å²) in [6.45, 7) is 2.80. The van der Waals surface area contributed by atoms with Gasteiger partial charge in [-0.2, -0.15) is 23.5 Å². The van der Waals surface area contributed by atoms with Gasteiger partial charge in [0.15, 0.2) is 11.5 Å². The van der Waals surface area contributed by atoms with Gasteiger partial charge in [-0.1, -0.05) is 0 Å². The van der Waals surface area contributed by atoms with E-state index in [1.54, 1.807) is 0 Å². The summed E-state index contributed by atoms with van der Waals surface area (Å²) < 4.78 is 39.9. The van der Waals surface area contributed by atoms with Gasteiger partial charge in [-0.05, 0) is 26.0 Å². The first kappa shape index (κ1) is 15.5. The third-order valence-corrected chi connectivity index (χ3v) is 2.80. The summed E-state index contributed by atoms with van der Waals surface area (Å²) in [5.41, 5.74) is -2.06. The SMILES string of the molecule is Cc1cc(C(F)(F)F)c(C#N)c(-n2nc(C)cc2C(=O)O)n1. The van der Waals surface area contributed by atoms with Crippen LogP contribution < -0.4 is 0 Å². The maximum atomic E-state index is 13.1. The number of alkyl halides is 3. The van der Waals surface area contributed by atoms with Crippen molar-refractivity contribution >= 4 is 5.97 Å². The number of carbonyl (C=O) groups is 1. The van der Waals surface area contributed by atoms with Crippen LogP contribution in [0.1, 0.15) is 33.0 Å². The van der Waals surface area contributed by atoms with Crippen molar-refractivity contribution in [2.75, 3.05) is 0 Å². The number of carboxylic acids is 1. The second-order valence-corrected chi connectivity index (χ2v) is 4.51. The fraction of sp³-hybridized carbons (Fsp3) is 0.231. The molecule has 0 fully saturated rings. The van der Waals surface area contributed by atoms with Gasteiger partial charge in [0.1, 0.15) is 11.6 Å². The standard InChI is InChI=1S/C13H9F3N4O2/c1-6-3-9(13(14,15)16)8(5-17)11(18-6)20-10(12(21)22)4-7(2)19-20/h3-4H,1-2H3,(H,21,22). The van der Waals surface area contributed by atoms with Gasteiger partial charge in [0.2, 0.25) is 0 Å². The first-order chi connectivity index (χ1) is 10.1. The van der Waals surface area contributed by atoms with E-state index in [9.17, 15) is 18.0 Å². The molecule has 0 aromatic carbocycles. The Morgan fingerprint density at radius 1 is 1.32 bits per heavy atom. The molecule has 0 aliphatic rings. The summed E-state index contributed by atoms with van der Waals surface area (Å²) in [6, 6.07) is 3.35. The Balaban J connectivity index is 2.85. The lowest BCUT2D eigenvalue weighted by Crippen LogP contribution is -2.16. The van der Waals surface area contributed by atoms with Crippen LogP contribution in [0.4, 0.5) is 13.2 Å². The van der Waals surface area contributed by atoms with Crippen molar-refractivity contribution in [3.63, 3.8) is 0 Å². The molecule has 0 aliphatic carbocycles. The average molecular weight is 310 g/mol. The van der Waals surface area contributed by atoms with Crippen LogP contribution in [0.5, 0.6) is 0 Å². The fourth-order valence-corrected chi connectivity index (χ4v) is 1.96. The molecule has 0 spiro atoms. The molecule has 0 saturated carbocycles. The van der Waals surface area contributed by atoms with Crippen LogP contribution in [0.25, 0.3) is 5.82 Å². The number of rotatable bonds is 2. The van der Waals surface area contributed by atoms with Crippen molar-refractivity contribution in [3.05, 3.63) is 40.3 Å². The molecule has 0 saturated heterocycles. The van der Waals surface area contributed by atoms with Crippen molar-refractivity contribution < 1.29 is 23.1 Å². The van der Waals surface area contributed by atoms with Gasteiger partial charge in [-0.25, -0.2) is 14.5 Å². The third-order valence-electron chi connectivity index (χ3n) is 2.80. The summed E-state index contributed by atoms with van der Waals surface area (Å²) in [7, 11) is 0. The number of aromatic carboxylic acids is 1. The first-order valence-corrected chi connectivity index (χ1v) is 5.94. The summed E-state index contributed by atoms with van der Waals surface area (Å²) >= 11 is 0. The minimum Gasteiger partial charge on any atom is -0.477 e. The van der Waals surface area contributed by atoms with E-state index in [2.05, 4.69) is 10.1 Å². The predicted octanol–water partition coefficient (Wildman–Crippen LogP) is 2.47. The Hall–Kier alpha value is -2.89. The van der Waals surface area contributed by atoms with E-state index in [1.165, 1.54) is 26.0 Å². The van der Waals surface area contributed by atoms with Crippen LogP contribution in [0.3, 0.4) is 0 Å². The highest BCUT2D eigenvalue weighted by Gasteiger charge is 2.36. The first-order valence-electron chi connectivity index (χ1n) is 5.94. The lowest BCUT2D eigenvalue weighted by molar-refractivity contribution is -0.137. The summed E-state index contributed by atoms with van der Waals surface area (Å²) in [5, 5.41) is 22.0. The molecule has 1 N–H and O–H groups in total. The Kier molecular flexibility index (Phi) is 3.62. The highest BCUT2D eigenvalue weighted by molar-refractivity contribution is 5.86. The Morgan fingerprint density at radius 2 is 1.95 bits per heavy atom. The number of hydrogen-bond donors (Lipinski definition) is 1. The molecule has 0 amide bonds. The minimum absolute atomic E-state index is 0.00850. The number of hydrogen-bond acceptors (Lipinski definition) is 4. The van der Waals surface area contributed by atoms with E-state index >= 15 is 0 Å². The van der Waals surface area contributed by atoms with Gasteiger partial charge in [0.25, 0.3) is 0 Å². The van der Waals surface area contributed by atoms with Crippen molar-refractivity contribution in [2.45, 2.75) is 20.0 Å². The molecule has 2 rings (SSSR count). The van der Waals surface area contributed by atoms with Crippen molar-refractivity contribution in [1.82, 2.24) is 14.8 Å². The van der Waals surface area contributed by atoms with Gasteiger partial charge < -0.3 is 5.11 Å². The van der Waals surface area contributed by atoms with E-state index in [1.807, 2.05) is 0 Å². The largest absolute Gasteiger partial charge is 0.477 e. The highest BCUT2D eigenvalue weighted by atomic mass is 19.4. The van der Waals surface area contributed by atoms with Gasteiger partial charge in [-0.3, -0.25) is 0 Å². The predicted molar refractivity (Wildman–Crippen MR) is 67.5 cm³/mol. The molecule has 0 aliphatic heterocycles. The monoisotopic (exact) mass is 310 g/mol. The molecule has 22 heavy (non-hydrogen) atoms. The molecular formula is C13H9F3N4O2. The number of halogens is 3. The average Bonchev–Trinajstić information content (AvgIpc) is 2.79. The molecule has 2 aromatic heterocycles. The molecule has 2 aromatic rings. The molecule has 0 atom stereocenters. The lowest BCUT2D eigenvalue weighted by atomic mass is 10.1. The third kappa shape index (κ3) is 2.63. The van der Waals surface area contributed by atoms with E-state index in [4.69, 9.17) is 10.4 Å². The minimum atomic E-state index is -4.76. The van der Waals surface area contributed by atoms with E-state index in [-0.39, 0.29) is 17.1 Å². The number of aryl methyl sites for hydroxylation is 2. The van der Waals surface area contributed by atoms with E-state index < -0.39 is 29.1 Å². The van der Waals surface area contributed by atoms with Crippen molar-refractivity contribution in [1.29, 1.82) is 5.26 Å². The Bertz CT molecular complexity index is 803. The summed E-state index contributed by atoms with van der Waals surface area (Å²) in [6.07, 6.45) is -4.76. The quantitative estimate of drug-likeness (QED) is 0.920. The summed E-state index contributed by atoms with van der Waals surface area (Å²) in [4.78, 5) is 15.0. The van der Waals surface area contributed by atoms with E-state index in [0.29, 0.717) is 0 Å². The molecule has 0 unspecified atom stereocenters. The highest BCUT2D eigenvalue weighted by Crippen LogP contribution is 2.34. The second-order valence-electron chi connectivity index (χ2n) is 4.51. The molecule has 114 valence electrons. The molecular weight excluding hydrogens is 301 g/mol. The van der Waals surface area contributed by atoms with Crippen LogP contribution in [-0.2, 0) is 6.18 Å². The lowest BCUT2D eigenvalue weighted by Gasteiger charge is -2.13. The number of aromatic nitrogens is 3. The number of nitriles is 1. The zero-order chi connectivity index (χ0) is 16.7. The maximum absolute atomic E-state index is 13.1. The van der Waals surface area contributed by atoms with Gasteiger partial charge >= 0.3 is 12.1 Å². The molecule has 2 heterocycles.